The highest BCUT2D eigenvalue weighted by Crippen LogP contribution is 2.25. The quantitative estimate of drug-likeness (QED) is 0.810. The number of hydrogen-bond acceptors (Lipinski definition) is 3. The molecule has 2 N–H and O–H groups in total. The zero-order chi connectivity index (χ0) is 15.1. The van der Waals surface area contributed by atoms with Crippen molar-refractivity contribution in [3.8, 4) is 5.75 Å². The second-order valence-electron chi connectivity index (χ2n) is 5.63. The van der Waals surface area contributed by atoms with Crippen molar-refractivity contribution >= 4 is 5.91 Å². The summed E-state index contributed by atoms with van der Waals surface area (Å²) in [5.74, 6) is 0.621. The summed E-state index contributed by atoms with van der Waals surface area (Å²) < 4.78 is 5.54. The number of rotatable bonds is 7. The molecule has 0 radical (unpaired) electrons. The lowest BCUT2D eigenvalue weighted by Gasteiger charge is -2.16. The Kier molecular flexibility index (Phi) is 6.05. The largest absolute Gasteiger partial charge is 0.484 e. The van der Waals surface area contributed by atoms with Crippen LogP contribution in [0.1, 0.15) is 43.7 Å². The summed E-state index contributed by atoms with van der Waals surface area (Å²) in [5.41, 5.74) is 2.76. The third kappa shape index (κ3) is 5.05. The maximum atomic E-state index is 11.7. The number of aliphatic hydroxyl groups is 1. The van der Waals surface area contributed by atoms with Gasteiger partial charge in [-0.1, -0.05) is 13.0 Å². The Morgan fingerprint density at radius 1 is 1.33 bits per heavy atom. The van der Waals surface area contributed by atoms with Gasteiger partial charge in [0.05, 0.1) is 6.10 Å². The smallest absolute Gasteiger partial charge is 0.257 e. The average molecular weight is 291 g/mol. The minimum atomic E-state index is -0.341. The Balaban J connectivity index is 1.74. The number of nitrogens with one attached hydrogen (secondary N) is 1. The van der Waals surface area contributed by atoms with Crippen molar-refractivity contribution in [2.45, 2.75) is 51.6 Å². The second kappa shape index (κ2) is 8.03. The fraction of sp³-hybridized carbons (Fsp3) is 0.588. The molecule has 0 aromatic heterocycles. The maximum Gasteiger partial charge on any atom is 0.257 e. The van der Waals surface area contributed by atoms with Crippen LogP contribution in [0.2, 0.25) is 0 Å². The van der Waals surface area contributed by atoms with Crippen LogP contribution >= 0.6 is 0 Å². The Bertz CT molecular complexity index is 473. The van der Waals surface area contributed by atoms with E-state index >= 15 is 0 Å². The van der Waals surface area contributed by atoms with E-state index in [1.165, 1.54) is 24.0 Å². The van der Waals surface area contributed by atoms with Crippen molar-refractivity contribution in [3.05, 3.63) is 29.3 Å². The van der Waals surface area contributed by atoms with Crippen molar-refractivity contribution in [1.29, 1.82) is 0 Å². The van der Waals surface area contributed by atoms with Gasteiger partial charge >= 0.3 is 0 Å². The van der Waals surface area contributed by atoms with Gasteiger partial charge in [0.1, 0.15) is 5.75 Å². The summed E-state index contributed by atoms with van der Waals surface area (Å²) in [6.45, 7) is 2.44. The van der Waals surface area contributed by atoms with Crippen molar-refractivity contribution in [1.82, 2.24) is 5.32 Å². The highest BCUT2D eigenvalue weighted by Gasteiger charge is 2.10. The van der Waals surface area contributed by atoms with E-state index in [1.54, 1.807) is 0 Å². The Hall–Kier alpha value is -1.55. The van der Waals surface area contributed by atoms with Crippen molar-refractivity contribution in [2.24, 2.45) is 0 Å². The van der Waals surface area contributed by atoms with Gasteiger partial charge in [-0.15, -0.1) is 0 Å². The molecule has 1 aliphatic carbocycles. The molecule has 4 nitrogen and oxygen atoms in total. The number of carbonyl (C=O) groups is 1. The predicted octanol–water partition coefficient (Wildman–Crippen LogP) is 2.22. The molecule has 1 aromatic carbocycles. The number of carbonyl (C=O) groups excluding carboxylic acids is 1. The number of aliphatic hydroxyl groups excluding tert-OH is 1. The van der Waals surface area contributed by atoms with Gasteiger partial charge in [0, 0.05) is 6.54 Å². The standard InChI is InChI=1S/C17H25NO3/c1-2-15(19)9-10-18-17(20)12-21-16-8-7-13-5-3-4-6-14(13)11-16/h7-8,11,15,19H,2-6,9-10,12H2,1H3,(H,18,20). The van der Waals surface area contributed by atoms with Crippen LogP contribution in [0.25, 0.3) is 0 Å². The lowest BCUT2D eigenvalue weighted by atomic mass is 9.92. The molecule has 116 valence electrons. The van der Waals surface area contributed by atoms with Crippen LogP contribution in [0.3, 0.4) is 0 Å². The van der Waals surface area contributed by atoms with Crippen LogP contribution in [0.15, 0.2) is 18.2 Å². The fourth-order valence-corrected chi connectivity index (χ4v) is 2.58. The first-order chi connectivity index (χ1) is 10.2. The van der Waals surface area contributed by atoms with Gasteiger partial charge in [0.2, 0.25) is 0 Å². The van der Waals surface area contributed by atoms with Crippen LogP contribution in [0.5, 0.6) is 5.75 Å². The van der Waals surface area contributed by atoms with Crippen LogP contribution in [-0.4, -0.2) is 30.3 Å². The van der Waals surface area contributed by atoms with Crippen LogP contribution < -0.4 is 10.1 Å². The minimum absolute atomic E-state index is 0.0288. The van der Waals surface area contributed by atoms with Crippen molar-refractivity contribution in [2.75, 3.05) is 13.2 Å². The SMILES string of the molecule is CCC(O)CCNC(=O)COc1ccc2c(c1)CCCC2. The molecule has 0 heterocycles. The van der Waals surface area contributed by atoms with Gasteiger partial charge in [0.25, 0.3) is 5.91 Å². The van der Waals surface area contributed by atoms with E-state index in [2.05, 4.69) is 17.4 Å². The van der Waals surface area contributed by atoms with Gasteiger partial charge in [-0.25, -0.2) is 0 Å². The zero-order valence-electron chi connectivity index (χ0n) is 12.7. The molecule has 0 fully saturated rings. The first-order valence-electron chi connectivity index (χ1n) is 7.88. The molecule has 1 aromatic rings. The summed E-state index contributed by atoms with van der Waals surface area (Å²) in [7, 11) is 0. The van der Waals surface area contributed by atoms with E-state index in [9.17, 15) is 9.90 Å². The topological polar surface area (TPSA) is 58.6 Å². The first kappa shape index (κ1) is 15.8. The third-order valence-corrected chi connectivity index (χ3v) is 3.96. The molecule has 1 amide bonds. The third-order valence-electron chi connectivity index (χ3n) is 3.96. The van der Waals surface area contributed by atoms with E-state index < -0.39 is 0 Å². The molecule has 1 atom stereocenters. The van der Waals surface area contributed by atoms with Crippen LogP contribution in [-0.2, 0) is 17.6 Å². The number of hydrogen-bond donors (Lipinski definition) is 2. The Morgan fingerprint density at radius 3 is 2.86 bits per heavy atom. The van der Waals surface area contributed by atoms with Gasteiger partial charge < -0.3 is 15.2 Å². The van der Waals surface area contributed by atoms with Gasteiger partial charge in [-0.2, -0.15) is 0 Å². The maximum absolute atomic E-state index is 11.7. The predicted molar refractivity (Wildman–Crippen MR) is 82.5 cm³/mol. The Morgan fingerprint density at radius 2 is 2.10 bits per heavy atom. The van der Waals surface area contributed by atoms with Crippen LogP contribution in [0, 0.1) is 0 Å². The van der Waals surface area contributed by atoms with E-state index in [0.29, 0.717) is 19.4 Å². The molecular formula is C17H25NO3. The molecule has 0 bridgehead atoms. The van der Waals surface area contributed by atoms with Gasteiger partial charge in [0.15, 0.2) is 6.61 Å². The molecule has 0 saturated heterocycles. The average Bonchev–Trinajstić information content (AvgIpc) is 2.52. The number of aryl methyl sites for hydroxylation is 2. The summed E-state index contributed by atoms with van der Waals surface area (Å²) >= 11 is 0. The van der Waals surface area contributed by atoms with Gasteiger partial charge in [-0.05, 0) is 61.8 Å². The van der Waals surface area contributed by atoms with Crippen molar-refractivity contribution < 1.29 is 14.6 Å². The van der Waals surface area contributed by atoms with Gasteiger partial charge in [-0.3, -0.25) is 4.79 Å². The lowest BCUT2D eigenvalue weighted by Crippen LogP contribution is -2.31. The molecule has 0 aliphatic heterocycles. The molecule has 4 heteroatoms. The molecule has 2 rings (SSSR count). The molecule has 0 saturated carbocycles. The Labute approximate surface area is 126 Å². The van der Waals surface area contributed by atoms with Crippen molar-refractivity contribution in [3.63, 3.8) is 0 Å². The summed E-state index contributed by atoms with van der Waals surface area (Å²) in [6, 6.07) is 6.11. The number of fused-ring (bicyclic) bond motifs is 1. The summed E-state index contributed by atoms with van der Waals surface area (Å²) in [5, 5.41) is 12.2. The first-order valence-corrected chi connectivity index (χ1v) is 7.88. The highest BCUT2D eigenvalue weighted by atomic mass is 16.5. The highest BCUT2D eigenvalue weighted by molar-refractivity contribution is 5.77. The second-order valence-corrected chi connectivity index (χ2v) is 5.63. The molecule has 1 unspecified atom stereocenters. The fourth-order valence-electron chi connectivity index (χ4n) is 2.58. The van der Waals surface area contributed by atoms with E-state index in [4.69, 9.17) is 4.74 Å². The molecule has 1 aliphatic rings. The number of benzene rings is 1. The van der Waals surface area contributed by atoms with Crippen LogP contribution in [0.4, 0.5) is 0 Å². The monoisotopic (exact) mass is 291 g/mol. The summed E-state index contributed by atoms with van der Waals surface area (Å²) in [4.78, 5) is 11.7. The van der Waals surface area contributed by atoms with E-state index in [1.807, 2.05) is 13.0 Å². The molecule has 0 spiro atoms. The lowest BCUT2D eigenvalue weighted by molar-refractivity contribution is -0.123. The number of ether oxygens (including phenoxy) is 1. The summed E-state index contributed by atoms with van der Waals surface area (Å²) in [6.07, 6.45) is 5.70. The van der Waals surface area contributed by atoms with E-state index in [-0.39, 0.29) is 18.6 Å². The minimum Gasteiger partial charge on any atom is -0.484 e. The normalized spacial score (nSPS) is 15.1. The molecular weight excluding hydrogens is 266 g/mol. The zero-order valence-corrected chi connectivity index (χ0v) is 12.7. The van der Waals surface area contributed by atoms with E-state index in [0.717, 1.165) is 18.6 Å². The number of amides is 1. The molecule has 21 heavy (non-hydrogen) atoms.